The lowest BCUT2D eigenvalue weighted by Gasteiger charge is -2.52. The SMILES string of the molecule is O=C(c1cc2ccccc2[nH]1)N1CC2(C[C@H](OCc3ccccn3)CCO2)C1. The summed E-state index contributed by atoms with van der Waals surface area (Å²) in [5, 5.41) is 1.05. The summed E-state index contributed by atoms with van der Waals surface area (Å²) in [5.41, 5.74) is 2.29. The minimum atomic E-state index is -0.269. The Bertz CT molecular complexity index is 946. The van der Waals surface area contributed by atoms with Gasteiger partial charge in [0.1, 0.15) is 11.3 Å². The van der Waals surface area contributed by atoms with E-state index in [9.17, 15) is 4.79 Å². The third-order valence-corrected chi connectivity index (χ3v) is 5.65. The maximum absolute atomic E-state index is 12.8. The van der Waals surface area contributed by atoms with Gasteiger partial charge in [-0.2, -0.15) is 0 Å². The zero-order chi connectivity index (χ0) is 19.0. The van der Waals surface area contributed by atoms with Crippen molar-refractivity contribution in [3.05, 3.63) is 66.1 Å². The van der Waals surface area contributed by atoms with Crippen LogP contribution in [0.15, 0.2) is 54.7 Å². The van der Waals surface area contributed by atoms with Crippen molar-refractivity contribution in [1.82, 2.24) is 14.9 Å². The van der Waals surface area contributed by atoms with E-state index in [0.717, 1.165) is 29.4 Å². The van der Waals surface area contributed by atoms with Crippen molar-refractivity contribution < 1.29 is 14.3 Å². The first-order valence-electron chi connectivity index (χ1n) is 9.73. The van der Waals surface area contributed by atoms with Crippen LogP contribution in [0.5, 0.6) is 0 Å². The fraction of sp³-hybridized carbons (Fsp3) is 0.364. The highest BCUT2D eigenvalue weighted by atomic mass is 16.5. The van der Waals surface area contributed by atoms with Gasteiger partial charge in [-0.05, 0) is 30.7 Å². The van der Waals surface area contributed by atoms with E-state index in [0.29, 0.717) is 32.0 Å². The molecule has 2 aromatic heterocycles. The molecule has 1 aromatic carbocycles. The highest BCUT2D eigenvalue weighted by molar-refractivity contribution is 5.98. The van der Waals surface area contributed by atoms with Gasteiger partial charge in [0.15, 0.2) is 0 Å². The molecule has 6 nitrogen and oxygen atoms in total. The number of aromatic amines is 1. The summed E-state index contributed by atoms with van der Waals surface area (Å²) in [6.45, 7) is 2.41. The standard InChI is InChI=1S/C22H23N3O3/c26-21(20-11-16-5-1-2-7-19(16)24-20)25-14-22(15-25)12-18(8-10-28-22)27-13-17-6-3-4-9-23-17/h1-7,9,11,18,24H,8,10,12-15H2/t18-/m1/s1. The molecule has 2 aliphatic rings. The normalized spacial score (nSPS) is 21.0. The smallest absolute Gasteiger partial charge is 0.270 e. The maximum atomic E-state index is 12.8. The lowest BCUT2D eigenvalue weighted by molar-refractivity contribution is -0.188. The number of amides is 1. The van der Waals surface area contributed by atoms with Gasteiger partial charge in [0, 0.05) is 30.1 Å². The molecule has 6 heteroatoms. The number of pyridine rings is 1. The summed E-state index contributed by atoms with van der Waals surface area (Å²) in [5.74, 6) is 0.0296. The van der Waals surface area contributed by atoms with Crippen LogP contribution in [-0.2, 0) is 16.1 Å². The Labute approximate surface area is 163 Å². The molecular weight excluding hydrogens is 354 g/mol. The number of aromatic nitrogens is 2. The molecule has 0 radical (unpaired) electrons. The number of nitrogens with one attached hydrogen (secondary N) is 1. The van der Waals surface area contributed by atoms with Gasteiger partial charge in [0.05, 0.1) is 31.5 Å². The van der Waals surface area contributed by atoms with Crippen LogP contribution in [0, 0.1) is 0 Å². The molecule has 0 bridgehead atoms. The molecule has 2 saturated heterocycles. The molecule has 5 rings (SSSR count). The predicted molar refractivity (Wildman–Crippen MR) is 105 cm³/mol. The van der Waals surface area contributed by atoms with E-state index in [-0.39, 0.29) is 17.6 Å². The van der Waals surface area contributed by atoms with E-state index in [2.05, 4.69) is 9.97 Å². The lowest BCUT2D eigenvalue weighted by atomic mass is 9.84. The molecule has 2 aliphatic heterocycles. The monoisotopic (exact) mass is 377 g/mol. The van der Waals surface area contributed by atoms with Crippen LogP contribution >= 0.6 is 0 Å². The predicted octanol–water partition coefficient (Wildman–Crippen LogP) is 3.15. The second-order valence-corrected chi connectivity index (χ2v) is 7.71. The van der Waals surface area contributed by atoms with Crippen LogP contribution in [0.25, 0.3) is 10.9 Å². The van der Waals surface area contributed by atoms with Crippen molar-refractivity contribution in [1.29, 1.82) is 0 Å². The molecule has 1 amide bonds. The Balaban J connectivity index is 1.19. The maximum Gasteiger partial charge on any atom is 0.270 e. The second-order valence-electron chi connectivity index (χ2n) is 7.71. The molecular formula is C22H23N3O3. The number of H-pyrrole nitrogens is 1. The van der Waals surface area contributed by atoms with Crippen molar-refractivity contribution in [3.63, 3.8) is 0 Å². The average Bonchev–Trinajstić information content (AvgIpc) is 3.15. The third-order valence-electron chi connectivity index (χ3n) is 5.65. The van der Waals surface area contributed by atoms with Crippen molar-refractivity contribution in [2.75, 3.05) is 19.7 Å². The number of carbonyl (C=O) groups is 1. The van der Waals surface area contributed by atoms with Crippen LogP contribution in [0.3, 0.4) is 0 Å². The topological polar surface area (TPSA) is 67.5 Å². The van der Waals surface area contributed by atoms with E-state index in [1.165, 1.54) is 0 Å². The number of likely N-dealkylation sites (tertiary alicyclic amines) is 1. The van der Waals surface area contributed by atoms with Crippen molar-refractivity contribution >= 4 is 16.8 Å². The number of hydrogen-bond donors (Lipinski definition) is 1. The van der Waals surface area contributed by atoms with Gasteiger partial charge in [-0.1, -0.05) is 24.3 Å². The van der Waals surface area contributed by atoms with Gasteiger partial charge >= 0.3 is 0 Å². The molecule has 2 fully saturated rings. The molecule has 0 aliphatic carbocycles. The fourth-order valence-electron chi connectivity index (χ4n) is 4.18. The molecule has 4 heterocycles. The van der Waals surface area contributed by atoms with E-state index in [4.69, 9.17) is 9.47 Å². The molecule has 144 valence electrons. The van der Waals surface area contributed by atoms with Crippen LogP contribution in [0.1, 0.15) is 29.0 Å². The lowest BCUT2D eigenvalue weighted by Crippen LogP contribution is -2.67. The zero-order valence-corrected chi connectivity index (χ0v) is 15.6. The van der Waals surface area contributed by atoms with E-state index in [1.807, 2.05) is 53.4 Å². The molecule has 1 atom stereocenters. The summed E-state index contributed by atoms with van der Waals surface area (Å²) in [6, 6.07) is 15.7. The number of ether oxygens (including phenoxy) is 2. The first kappa shape index (κ1) is 17.4. The number of rotatable bonds is 4. The molecule has 0 unspecified atom stereocenters. The van der Waals surface area contributed by atoms with Crippen molar-refractivity contribution in [3.8, 4) is 0 Å². The number of nitrogens with zero attached hydrogens (tertiary/aromatic N) is 2. The summed E-state index contributed by atoms with van der Waals surface area (Å²) in [4.78, 5) is 22.2. The van der Waals surface area contributed by atoms with Crippen LogP contribution in [0.2, 0.25) is 0 Å². The summed E-state index contributed by atoms with van der Waals surface area (Å²) in [7, 11) is 0. The summed E-state index contributed by atoms with van der Waals surface area (Å²) >= 11 is 0. The van der Waals surface area contributed by atoms with Gasteiger partial charge in [-0.15, -0.1) is 0 Å². The Morgan fingerprint density at radius 3 is 2.93 bits per heavy atom. The Morgan fingerprint density at radius 1 is 1.25 bits per heavy atom. The van der Waals surface area contributed by atoms with Crippen molar-refractivity contribution in [2.24, 2.45) is 0 Å². The van der Waals surface area contributed by atoms with Gasteiger partial charge in [-0.25, -0.2) is 0 Å². The zero-order valence-electron chi connectivity index (χ0n) is 15.6. The number of fused-ring (bicyclic) bond motifs is 1. The quantitative estimate of drug-likeness (QED) is 0.758. The third kappa shape index (κ3) is 3.30. The molecule has 0 saturated carbocycles. The number of carbonyl (C=O) groups excluding carboxylic acids is 1. The number of para-hydroxylation sites is 1. The molecule has 1 N–H and O–H groups in total. The van der Waals surface area contributed by atoms with Crippen LogP contribution < -0.4 is 0 Å². The Hall–Kier alpha value is -2.70. The molecule has 3 aromatic rings. The van der Waals surface area contributed by atoms with E-state index >= 15 is 0 Å². The first-order chi connectivity index (χ1) is 13.7. The van der Waals surface area contributed by atoms with Gasteiger partial charge in [0.25, 0.3) is 5.91 Å². The summed E-state index contributed by atoms with van der Waals surface area (Å²) in [6.07, 6.45) is 3.62. The minimum absolute atomic E-state index is 0.0296. The second kappa shape index (κ2) is 7.04. The van der Waals surface area contributed by atoms with Gasteiger partial charge < -0.3 is 19.4 Å². The molecule has 28 heavy (non-hydrogen) atoms. The van der Waals surface area contributed by atoms with Crippen molar-refractivity contribution in [2.45, 2.75) is 31.2 Å². The Morgan fingerprint density at radius 2 is 2.11 bits per heavy atom. The highest BCUT2D eigenvalue weighted by Gasteiger charge is 2.49. The van der Waals surface area contributed by atoms with Gasteiger partial charge in [0.2, 0.25) is 0 Å². The molecule has 1 spiro atoms. The Kier molecular flexibility index (Phi) is 4.37. The van der Waals surface area contributed by atoms with Crippen LogP contribution in [-0.4, -0.2) is 52.2 Å². The van der Waals surface area contributed by atoms with Gasteiger partial charge in [-0.3, -0.25) is 9.78 Å². The number of benzene rings is 1. The van der Waals surface area contributed by atoms with Crippen LogP contribution in [0.4, 0.5) is 0 Å². The minimum Gasteiger partial charge on any atom is -0.372 e. The summed E-state index contributed by atoms with van der Waals surface area (Å²) < 4.78 is 12.1. The largest absolute Gasteiger partial charge is 0.372 e. The fourth-order valence-corrected chi connectivity index (χ4v) is 4.18. The van der Waals surface area contributed by atoms with E-state index in [1.54, 1.807) is 6.20 Å². The van der Waals surface area contributed by atoms with E-state index < -0.39 is 0 Å². The average molecular weight is 377 g/mol. The highest BCUT2D eigenvalue weighted by Crippen LogP contribution is 2.36. The first-order valence-corrected chi connectivity index (χ1v) is 9.73. The number of hydrogen-bond acceptors (Lipinski definition) is 4.